The molecule has 1 aromatic rings. The Balaban J connectivity index is 0.00000220. The lowest BCUT2D eigenvalue weighted by Gasteiger charge is -2.21. The van der Waals surface area contributed by atoms with Gasteiger partial charge in [-0.3, -0.25) is 4.79 Å². The number of rotatable bonds is 4. The van der Waals surface area contributed by atoms with Gasteiger partial charge < -0.3 is 10.2 Å². The normalized spacial score (nSPS) is 13.8. The summed E-state index contributed by atoms with van der Waals surface area (Å²) in [4.78, 5) is 14.2. The van der Waals surface area contributed by atoms with E-state index in [1.807, 2.05) is 11.9 Å². The molecule has 118 valence electrons. The van der Waals surface area contributed by atoms with Gasteiger partial charge in [0.1, 0.15) is 0 Å². The minimum absolute atomic E-state index is 0. The van der Waals surface area contributed by atoms with E-state index in [0.29, 0.717) is 6.42 Å². The van der Waals surface area contributed by atoms with Crippen molar-refractivity contribution < 1.29 is 4.79 Å². The molecule has 21 heavy (non-hydrogen) atoms. The van der Waals surface area contributed by atoms with Crippen molar-refractivity contribution >= 4 is 24.0 Å². The number of nitrogens with one attached hydrogen (secondary N) is 1. The van der Waals surface area contributed by atoms with Crippen LogP contribution >= 0.6 is 12.4 Å². The molecule has 0 aromatic heterocycles. The molecule has 1 aromatic carbocycles. The predicted octanol–water partition coefficient (Wildman–Crippen LogP) is 3.29. The molecule has 0 unspecified atom stereocenters. The number of hydrogen-bond acceptors (Lipinski definition) is 2. The molecular weight excluding hydrogens is 284 g/mol. The quantitative estimate of drug-likeness (QED) is 0.866. The monoisotopic (exact) mass is 310 g/mol. The number of carbonyl (C=O) groups is 1. The highest BCUT2D eigenvalue weighted by Gasteiger charge is 2.25. The van der Waals surface area contributed by atoms with Crippen LogP contribution in [0.5, 0.6) is 0 Å². The number of benzene rings is 1. The molecule has 1 N–H and O–H groups in total. The second kappa shape index (κ2) is 7.28. The van der Waals surface area contributed by atoms with Gasteiger partial charge in [-0.15, -0.1) is 12.4 Å². The lowest BCUT2D eigenvalue weighted by Crippen LogP contribution is -2.29. The summed E-state index contributed by atoms with van der Waals surface area (Å²) in [6, 6.07) is 6.56. The Morgan fingerprint density at radius 2 is 2.05 bits per heavy atom. The fraction of sp³-hybridized carbons (Fsp3) is 0.588. The summed E-state index contributed by atoms with van der Waals surface area (Å²) in [5.41, 5.74) is 3.95. The van der Waals surface area contributed by atoms with E-state index < -0.39 is 0 Å². The van der Waals surface area contributed by atoms with Crippen LogP contribution in [0.4, 0.5) is 5.69 Å². The molecule has 0 radical (unpaired) electrons. The number of fused-ring (bicyclic) bond motifs is 1. The molecule has 0 aliphatic carbocycles. The number of amides is 1. The van der Waals surface area contributed by atoms with E-state index in [2.05, 4.69) is 44.3 Å². The van der Waals surface area contributed by atoms with Crippen LogP contribution < -0.4 is 10.2 Å². The van der Waals surface area contributed by atoms with Gasteiger partial charge in [-0.05, 0) is 49.0 Å². The van der Waals surface area contributed by atoms with Crippen molar-refractivity contribution in [1.29, 1.82) is 0 Å². The van der Waals surface area contributed by atoms with E-state index in [1.165, 1.54) is 11.1 Å². The number of hydrogen-bond donors (Lipinski definition) is 1. The standard InChI is InChI=1S/C17H26N2O.ClH/c1-17(2,3)14-7-8-15-13(12-14)9-11-19(15)16(20)6-5-10-18-4;/h7-8,12,18H,5-6,9-11H2,1-4H3;1H. The zero-order valence-electron chi connectivity index (χ0n) is 13.5. The Hall–Kier alpha value is -1.06. The summed E-state index contributed by atoms with van der Waals surface area (Å²) in [6.07, 6.45) is 2.51. The van der Waals surface area contributed by atoms with Crippen molar-refractivity contribution in [3.63, 3.8) is 0 Å². The summed E-state index contributed by atoms with van der Waals surface area (Å²) >= 11 is 0. The van der Waals surface area contributed by atoms with Gasteiger partial charge in [0.05, 0.1) is 0 Å². The fourth-order valence-electron chi connectivity index (χ4n) is 2.68. The Morgan fingerprint density at radius 3 is 2.67 bits per heavy atom. The average Bonchev–Trinajstić information content (AvgIpc) is 2.80. The number of anilines is 1. The highest BCUT2D eigenvalue weighted by molar-refractivity contribution is 5.95. The molecule has 1 aliphatic rings. The van der Waals surface area contributed by atoms with Crippen molar-refractivity contribution in [2.24, 2.45) is 0 Å². The molecule has 0 spiro atoms. The molecule has 0 saturated carbocycles. The topological polar surface area (TPSA) is 32.3 Å². The second-order valence-corrected chi connectivity index (χ2v) is 6.60. The molecular formula is C17H27ClN2O. The first-order valence-corrected chi connectivity index (χ1v) is 7.52. The van der Waals surface area contributed by atoms with Gasteiger partial charge in [0.2, 0.25) is 5.91 Å². The largest absolute Gasteiger partial charge is 0.320 e. The minimum Gasteiger partial charge on any atom is -0.320 e. The molecule has 1 heterocycles. The first-order valence-electron chi connectivity index (χ1n) is 7.52. The van der Waals surface area contributed by atoms with Crippen molar-refractivity contribution in [2.75, 3.05) is 25.0 Å². The lowest BCUT2D eigenvalue weighted by molar-refractivity contribution is -0.118. The Morgan fingerprint density at radius 1 is 1.33 bits per heavy atom. The number of carbonyl (C=O) groups excluding carboxylic acids is 1. The summed E-state index contributed by atoms with van der Waals surface area (Å²) in [7, 11) is 1.92. The highest BCUT2D eigenvalue weighted by Crippen LogP contribution is 2.33. The van der Waals surface area contributed by atoms with Crippen LogP contribution in [0.15, 0.2) is 18.2 Å². The molecule has 0 atom stereocenters. The minimum atomic E-state index is 0. The Labute approximate surface area is 134 Å². The van der Waals surface area contributed by atoms with E-state index in [1.54, 1.807) is 0 Å². The van der Waals surface area contributed by atoms with Gasteiger partial charge >= 0.3 is 0 Å². The zero-order chi connectivity index (χ0) is 14.8. The summed E-state index contributed by atoms with van der Waals surface area (Å²) in [6.45, 7) is 8.41. The molecule has 1 aliphatic heterocycles. The van der Waals surface area contributed by atoms with Gasteiger partial charge in [-0.1, -0.05) is 32.9 Å². The molecule has 2 rings (SSSR count). The van der Waals surface area contributed by atoms with Crippen LogP contribution in [0, 0.1) is 0 Å². The highest BCUT2D eigenvalue weighted by atomic mass is 35.5. The van der Waals surface area contributed by atoms with Gasteiger partial charge in [0, 0.05) is 18.7 Å². The Kier molecular flexibility index (Phi) is 6.24. The van der Waals surface area contributed by atoms with Gasteiger partial charge in [-0.2, -0.15) is 0 Å². The van der Waals surface area contributed by atoms with E-state index in [-0.39, 0.29) is 23.7 Å². The van der Waals surface area contributed by atoms with Crippen LogP contribution in [0.1, 0.15) is 44.7 Å². The first kappa shape index (κ1) is 18.0. The fourth-order valence-corrected chi connectivity index (χ4v) is 2.68. The van der Waals surface area contributed by atoms with E-state index in [9.17, 15) is 4.79 Å². The van der Waals surface area contributed by atoms with Crippen LogP contribution in [0.25, 0.3) is 0 Å². The van der Waals surface area contributed by atoms with Crippen molar-refractivity contribution in [3.05, 3.63) is 29.3 Å². The van der Waals surface area contributed by atoms with Crippen LogP contribution in [0.3, 0.4) is 0 Å². The third-order valence-corrected chi connectivity index (χ3v) is 3.96. The molecule has 0 bridgehead atoms. The van der Waals surface area contributed by atoms with Crippen LogP contribution in [-0.4, -0.2) is 26.0 Å². The van der Waals surface area contributed by atoms with Crippen molar-refractivity contribution in [2.45, 2.75) is 45.4 Å². The zero-order valence-corrected chi connectivity index (χ0v) is 14.3. The molecule has 0 saturated heterocycles. The van der Waals surface area contributed by atoms with Gasteiger partial charge in [0.25, 0.3) is 0 Å². The number of nitrogens with zero attached hydrogens (tertiary/aromatic N) is 1. The second-order valence-electron chi connectivity index (χ2n) is 6.60. The van der Waals surface area contributed by atoms with Crippen molar-refractivity contribution in [1.82, 2.24) is 5.32 Å². The number of halogens is 1. The predicted molar refractivity (Wildman–Crippen MR) is 91.6 cm³/mol. The maximum Gasteiger partial charge on any atom is 0.227 e. The van der Waals surface area contributed by atoms with E-state index >= 15 is 0 Å². The van der Waals surface area contributed by atoms with Crippen molar-refractivity contribution in [3.8, 4) is 0 Å². The van der Waals surface area contributed by atoms with E-state index in [4.69, 9.17) is 0 Å². The smallest absolute Gasteiger partial charge is 0.227 e. The average molecular weight is 311 g/mol. The lowest BCUT2D eigenvalue weighted by atomic mass is 9.86. The van der Waals surface area contributed by atoms with Gasteiger partial charge in [0.15, 0.2) is 0 Å². The maximum atomic E-state index is 12.3. The molecule has 3 nitrogen and oxygen atoms in total. The molecule has 0 fully saturated rings. The first-order chi connectivity index (χ1) is 9.43. The van der Waals surface area contributed by atoms with Crippen LogP contribution in [-0.2, 0) is 16.6 Å². The van der Waals surface area contributed by atoms with Crippen LogP contribution in [0.2, 0.25) is 0 Å². The summed E-state index contributed by atoms with van der Waals surface area (Å²) < 4.78 is 0. The summed E-state index contributed by atoms with van der Waals surface area (Å²) in [5, 5.41) is 3.09. The SMILES string of the molecule is CNCCCC(=O)N1CCc2cc(C(C)(C)C)ccc21.Cl. The van der Waals surface area contributed by atoms with Gasteiger partial charge in [-0.25, -0.2) is 0 Å². The molecule has 4 heteroatoms. The Bertz CT molecular complexity index is 494. The maximum absolute atomic E-state index is 12.3. The third kappa shape index (κ3) is 4.21. The summed E-state index contributed by atoms with van der Waals surface area (Å²) in [5.74, 6) is 0.252. The third-order valence-electron chi connectivity index (χ3n) is 3.96. The van der Waals surface area contributed by atoms with E-state index in [0.717, 1.165) is 31.6 Å². The molecule has 1 amide bonds.